The number of likely N-dealkylation sites (tertiary alicyclic amines) is 1. The second-order valence-corrected chi connectivity index (χ2v) is 18.0. The number of methoxy groups -OCH3 is 1. The van der Waals surface area contributed by atoms with E-state index < -0.39 is 50.4 Å². The van der Waals surface area contributed by atoms with Crippen molar-refractivity contribution in [3.05, 3.63) is 47.5 Å². The fraction of sp³-hybridized carbons (Fsp3) is 0.541. The van der Waals surface area contributed by atoms with E-state index in [1.54, 1.807) is 34.0 Å². The molecule has 1 aromatic carbocycles. The second kappa shape index (κ2) is 13.5. The molecule has 14 heteroatoms. The van der Waals surface area contributed by atoms with E-state index in [9.17, 15) is 22.8 Å². The molecule has 2 saturated carbocycles. The van der Waals surface area contributed by atoms with E-state index >= 15 is 0 Å². The normalized spacial score (nSPS) is 23.3. The molecule has 6 rings (SSSR count). The first-order valence-corrected chi connectivity index (χ1v) is 19.7. The summed E-state index contributed by atoms with van der Waals surface area (Å²) < 4.78 is 45.5. The van der Waals surface area contributed by atoms with Crippen LogP contribution in [0.2, 0.25) is 0 Å². The lowest BCUT2D eigenvalue weighted by Crippen LogP contribution is -2.46. The van der Waals surface area contributed by atoms with Crippen molar-refractivity contribution in [2.45, 2.75) is 103 Å². The summed E-state index contributed by atoms with van der Waals surface area (Å²) in [5.74, 6) is -0.0251. The summed E-state index contributed by atoms with van der Waals surface area (Å²) in [5.41, 5.74) is 0.995. The number of hydrogen-bond acceptors (Lipinski definition) is 11. The van der Waals surface area contributed by atoms with Gasteiger partial charge in [0.15, 0.2) is 5.78 Å². The van der Waals surface area contributed by atoms with Crippen molar-refractivity contribution in [1.82, 2.24) is 19.6 Å². The molecule has 4 atom stereocenters. The predicted molar refractivity (Wildman–Crippen MR) is 194 cm³/mol. The van der Waals surface area contributed by atoms with Crippen molar-refractivity contribution >= 4 is 50.0 Å². The smallest absolute Gasteiger partial charge is 0.411 e. The monoisotopic (exact) mass is 738 g/mol. The Hall–Kier alpha value is -4.04. The second-order valence-electron chi connectivity index (χ2n) is 15.2. The first-order chi connectivity index (χ1) is 24.0. The zero-order chi connectivity index (χ0) is 37.0. The van der Waals surface area contributed by atoms with Gasteiger partial charge in [0, 0.05) is 35.2 Å². The molecule has 51 heavy (non-hydrogen) atoms. The molecule has 0 radical (unpaired) electrons. The third-order valence-electron chi connectivity index (χ3n) is 9.81. The number of allylic oxidation sites excluding steroid dienone is 1. The fourth-order valence-corrected chi connectivity index (χ4v) is 9.00. The molecule has 0 unspecified atom stereocenters. The third kappa shape index (κ3) is 7.48. The van der Waals surface area contributed by atoms with E-state index in [0.29, 0.717) is 35.6 Å². The molecule has 1 aliphatic heterocycles. The van der Waals surface area contributed by atoms with E-state index in [4.69, 9.17) is 24.2 Å². The highest BCUT2D eigenvalue weighted by Gasteiger charge is 2.61. The van der Waals surface area contributed by atoms with E-state index in [1.807, 2.05) is 30.5 Å². The molecule has 2 aromatic heterocycles. The van der Waals surface area contributed by atoms with Crippen LogP contribution in [0.25, 0.3) is 21.6 Å². The Labute approximate surface area is 303 Å². The number of fused-ring (bicyclic) bond motifs is 1. The lowest BCUT2D eigenvalue weighted by atomic mass is 9.91. The van der Waals surface area contributed by atoms with Gasteiger partial charge < -0.3 is 14.2 Å². The first-order valence-electron chi connectivity index (χ1n) is 17.3. The molecule has 3 aliphatic rings. The topological polar surface area (TPSA) is 154 Å². The van der Waals surface area contributed by atoms with Gasteiger partial charge in [0.05, 0.1) is 41.6 Å². The minimum atomic E-state index is -3.82. The van der Waals surface area contributed by atoms with E-state index in [-0.39, 0.29) is 43.4 Å². The average Bonchev–Trinajstić information content (AvgIpc) is 3.93. The number of benzene rings is 1. The standard InChI is InChI=1S/C37H46N4O8S2/c1-9-22-16-37(22,34(43)40-51(45,46)24-10-11-24)17-29(42)28-14-23(18-41(28)35(44)49-36(5,6)7)48-31-15-26(33-39-27(19-50-33)20(2)3)38-32-21(4)30(47-8)13-12-25(31)32/h9,12-13,15,19-20,22-24,28H,1,10-11,14,16-18H2,2-8H3,(H,40,43)/t22-,23-,28+,37-/m1/s1. The number of ketones is 1. The van der Waals surface area contributed by atoms with Crippen molar-refractivity contribution in [2.24, 2.45) is 11.3 Å². The van der Waals surface area contributed by atoms with Crippen LogP contribution in [-0.4, -0.2) is 77.7 Å². The highest BCUT2D eigenvalue weighted by Crippen LogP contribution is 2.57. The zero-order valence-corrected chi connectivity index (χ0v) is 31.8. The molecule has 3 fully saturated rings. The Bertz CT molecular complexity index is 2000. The molecule has 3 aromatic rings. The Morgan fingerprint density at radius 1 is 1.18 bits per heavy atom. The van der Waals surface area contributed by atoms with E-state index in [2.05, 4.69) is 25.1 Å². The number of ether oxygens (including phenoxy) is 3. The summed E-state index contributed by atoms with van der Waals surface area (Å²) >= 11 is 1.49. The fourth-order valence-electron chi connectivity index (χ4n) is 6.67. The number of nitrogens with zero attached hydrogens (tertiary/aromatic N) is 3. The lowest BCUT2D eigenvalue weighted by Gasteiger charge is -2.28. The third-order valence-corrected chi connectivity index (χ3v) is 12.5. The van der Waals surface area contributed by atoms with Crippen LogP contribution in [0.1, 0.15) is 83.9 Å². The van der Waals surface area contributed by atoms with E-state index in [0.717, 1.165) is 21.7 Å². The van der Waals surface area contributed by atoms with Gasteiger partial charge in [-0.05, 0) is 70.9 Å². The molecule has 12 nitrogen and oxygen atoms in total. The van der Waals surface area contributed by atoms with Crippen molar-refractivity contribution in [2.75, 3.05) is 13.7 Å². The maximum atomic E-state index is 14.2. The van der Waals surface area contributed by atoms with Gasteiger partial charge in [-0.3, -0.25) is 19.2 Å². The van der Waals surface area contributed by atoms with Gasteiger partial charge in [-0.2, -0.15) is 0 Å². The van der Waals surface area contributed by atoms with Crippen LogP contribution in [0.15, 0.2) is 36.2 Å². The number of thiazole rings is 1. The summed E-state index contributed by atoms with van der Waals surface area (Å²) in [6.07, 6.45) is 1.45. The SMILES string of the molecule is C=C[C@@H]1C[C@]1(CC(=O)[C@@H]1C[C@@H](Oc2cc(-c3nc(C(C)C)cs3)nc3c(C)c(OC)ccc23)CN1C(=O)OC(C)(C)C)C(=O)NS(=O)(=O)C1CC1. The van der Waals surface area contributed by atoms with Gasteiger partial charge in [-0.1, -0.05) is 19.9 Å². The van der Waals surface area contributed by atoms with Crippen molar-refractivity contribution in [1.29, 1.82) is 0 Å². The van der Waals surface area contributed by atoms with Crippen molar-refractivity contribution < 1.29 is 37.0 Å². The maximum Gasteiger partial charge on any atom is 0.411 e. The molecule has 274 valence electrons. The molecule has 0 spiro atoms. The molecular weight excluding hydrogens is 693 g/mol. The summed E-state index contributed by atoms with van der Waals surface area (Å²) in [7, 11) is -2.22. The number of sulfonamides is 1. The van der Waals surface area contributed by atoms with Crippen LogP contribution in [0.5, 0.6) is 11.5 Å². The summed E-state index contributed by atoms with van der Waals surface area (Å²) in [5, 5.41) is 2.89. The minimum Gasteiger partial charge on any atom is -0.496 e. The van der Waals surface area contributed by atoms with Crippen molar-refractivity contribution in [3.63, 3.8) is 0 Å². The van der Waals surface area contributed by atoms with Gasteiger partial charge in [-0.15, -0.1) is 17.9 Å². The van der Waals surface area contributed by atoms with Crippen molar-refractivity contribution in [3.8, 4) is 22.2 Å². The van der Waals surface area contributed by atoms with Gasteiger partial charge in [0.1, 0.15) is 33.9 Å². The largest absolute Gasteiger partial charge is 0.496 e. The molecule has 3 heterocycles. The van der Waals surface area contributed by atoms with Gasteiger partial charge in [0.25, 0.3) is 0 Å². The van der Waals surface area contributed by atoms with Crippen LogP contribution in [-0.2, 0) is 24.3 Å². The molecule has 0 bridgehead atoms. The number of carbonyl (C=O) groups excluding carboxylic acids is 3. The summed E-state index contributed by atoms with van der Waals surface area (Å²) in [6.45, 7) is 15.2. The number of amides is 2. The Balaban J connectivity index is 1.31. The zero-order valence-electron chi connectivity index (χ0n) is 30.1. The number of aromatic nitrogens is 2. The Morgan fingerprint density at radius 3 is 2.49 bits per heavy atom. The number of aryl methyl sites for hydroxylation is 1. The van der Waals surface area contributed by atoms with Crippen LogP contribution < -0.4 is 14.2 Å². The number of nitrogens with one attached hydrogen (secondary N) is 1. The molecule has 2 aliphatic carbocycles. The maximum absolute atomic E-state index is 14.2. The van der Waals surface area contributed by atoms with E-state index in [1.165, 1.54) is 16.2 Å². The Morgan fingerprint density at radius 2 is 1.90 bits per heavy atom. The molecule has 2 amide bonds. The predicted octanol–water partition coefficient (Wildman–Crippen LogP) is 6.32. The number of hydrogen-bond donors (Lipinski definition) is 1. The van der Waals surface area contributed by atoms with Crippen LogP contribution in [0.4, 0.5) is 4.79 Å². The Kier molecular flexibility index (Phi) is 9.72. The van der Waals surface area contributed by atoms with Crippen LogP contribution >= 0.6 is 11.3 Å². The van der Waals surface area contributed by atoms with Gasteiger partial charge in [-0.25, -0.2) is 23.2 Å². The van der Waals surface area contributed by atoms with Gasteiger partial charge in [0.2, 0.25) is 15.9 Å². The number of Topliss-reactive ketones (excluding diaryl/α,β-unsaturated/α-hetero) is 1. The first kappa shape index (κ1) is 36.7. The summed E-state index contributed by atoms with van der Waals surface area (Å²) in [6, 6.07) is 4.59. The number of pyridine rings is 1. The number of rotatable bonds is 12. The average molecular weight is 739 g/mol. The molecule has 1 saturated heterocycles. The molecule has 1 N–H and O–H groups in total. The highest BCUT2D eigenvalue weighted by molar-refractivity contribution is 7.90. The lowest BCUT2D eigenvalue weighted by molar-refractivity contribution is -0.131. The highest BCUT2D eigenvalue weighted by atomic mass is 32.2. The quantitative estimate of drug-likeness (QED) is 0.209. The van der Waals surface area contributed by atoms with Gasteiger partial charge >= 0.3 is 6.09 Å². The summed E-state index contributed by atoms with van der Waals surface area (Å²) in [4.78, 5) is 52.4. The molecular formula is C37H46N4O8S2. The minimum absolute atomic E-state index is 0.0501. The van der Waals surface area contributed by atoms with Crippen LogP contribution in [0, 0.1) is 18.3 Å². The van der Waals surface area contributed by atoms with Crippen LogP contribution in [0.3, 0.4) is 0 Å². The number of carbonyl (C=O) groups is 3.